The van der Waals surface area contributed by atoms with Crippen LogP contribution in [-0.4, -0.2) is 51.3 Å². The van der Waals surface area contributed by atoms with Crippen LogP contribution < -0.4 is 0 Å². The Morgan fingerprint density at radius 1 is 1.43 bits per heavy atom. The first-order valence-electron chi connectivity index (χ1n) is 3.43. The van der Waals surface area contributed by atoms with Crippen LogP contribution in [0.25, 0.3) is 0 Å². The van der Waals surface area contributed by atoms with Crippen molar-refractivity contribution in [1.29, 1.82) is 0 Å². The van der Waals surface area contributed by atoms with Crippen LogP contribution in [-0.2, 0) is 13.9 Å². The van der Waals surface area contributed by atoms with Gasteiger partial charge >= 0.3 is 7.82 Å². The predicted molar refractivity (Wildman–Crippen MR) is 41.0 cm³/mol. The lowest BCUT2D eigenvalue weighted by molar-refractivity contribution is -0.135. The minimum Gasteiger partial charge on any atom is -0.388 e. The van der Waals surface area contributed by atoms with Gasteiger partial charge in [0.25, 0.3) is 0 Å². The van der Waals surface area contributed by atoms with Gasteiger partial charge in [-0.25, -0.2) is 8.96 Å². The minimum absolute atomic E-state index is 0.961. The quantitative estimate of drug-likeness (QED) is 0.404. The lowest BCUT2D eigenvalue weighted by Gasteiger charge is -2.15. The molecule has 0 heterocycles. The monoisotopic (exact) mass is 232 g/mol. The lowest BCUT2D eigenvalue weighted by atomic mass is 10.1. The highest BCUT2D eigenvalue weighted by Crippen LogP contribution is 2.35. The fourth-order valence-electron chi connectivity index (χ4n) is 0.558. The fourth-order valence-corrected chi connectivity index (χ4v) is 0.905. The molecule has 0 rings (SSSR count). The van der Waals surface area contributed by atoms with E-state index in [9.17, 15) is 13.8 Å². The molecule has 2 unspecified atom stereocenters. The van der Waals surface area contributed by atoms with E-state index in [4.69, 9.17) is 20.0 Å². The summed E-state index contributed by atoms with van der Waals surface area (Å²) in [6.45, 7) is -2.44. The summed E-state index contributed by atoms with van der Waals surface area (Å²) < 4.78 is 25.6. The maximum atomic E-state index is 11.7. The van der Waals surface area contributed by atoms with Gasteiger partial charge in [-0.1, -0.05) is 0 Å². The highest BCUT2D eigenvalue weighted by atomic mass is 31.2. The zero-order valence-corrected chi connectivity index (χ0v) is 7.80. The molecule has 0 saturated carbocycles. The molecular formula is C5H10FO7P. The Labute approximate surface area is 78.4 Å². The lowest BCUT2D eigenvalue weighted by Crippen LogP contribution is -2.37. The molecule has 0 aliphatic carbocycles. The number of ketones is 1. The Balaban J connectivity index is 4.02. The summed E-state index contributed by atoms with van der Waals surface area (Å²) in [5.74, 6) is -1.29. The number of rotatable bonds is 6. The molecule has 4 N–H and O–H groups in total. The van der Waals surface area contributed by atoms with Crippen LogP contribution in [0.3, 0.4) is 0 Å². The van der Waals surface area contributed by atoms with Gasteiger partial charge < -0.3 is 20.0 Å². The number of phosphoric ester groups is 1. The summed E-state index contributed by atoms with van der Waals surface area (Å²) in [4.78, 5) is 26.8. The van der Waals surface area contributed by atoms with Crippen LogP contribution in [0.1, 0.15) is 0 Å². The molecule has 0 saturated heterocycles. The molecule has 2 atom stereocenters. The van der Waals surface area contributed by atoms with Gasteiger partial charge in [-0.05, 0) is 0 Å². The molecule has 9 heteroatoms. The van der Waals surface area contributed by atoms with E-state index < -0.39 is 39.1 Å². The average molecular weight is 232 g/mol. The molecule has 84 valence electrons. The Bertz CT molecular complexity index is 238. The molecular weight excluding hydrogens is 222 g/mol. The number of hydrogen-bond acceptors (Lipinski definition) is 5. The molecule has 0 aliphatic heterocycles. The third kappa shape index (κ3) is 5.38. The molecule has 0 bridgehead atoms. The third-order valence-electron chi connectivity index (χ3n) is 1.24. The van der Waals surface area contributed by atoms with E-state index in [1.807, 2.05) is 0 Å². The van der Waals surface area contributed by atoms with Gasteiger partial charge in [-0.2, -0.15) is 0 Å². The van der Waals surface area contributed by atoms with E-state index in [2.05, 4.69) is 4.52 Å². The van der Waals surface area contributed by atoms with E-state index in [1.54, 1.807) is 0 Å². The van der Waals surface area contributed by atoms with Crippen molar-refractivity contribution in [2.45, 2.75) is 12.2 Å². The van der Waals surface area contributed by atoms with Gasteiger partial charge in [-0.15, -0.1) is 0 Å². The van der Waals surface area contributed by atoms with Crippen LogP contribution in [0.15, 0.2) is 0 Å². The van der Waals surface area contributed by atoms with Crippen LogP contribution >= 0.6 is 7.82 Å². The van der Waals surface area contributed by atoms with E-state index >= 15 is 0 Å². The Kier molecular flexibility index (Phi) is 5.35. The van der Waals surface area contributed by atoms with Crippen LogP contribution in [0, 0.1) is 0 Å². The summed E-state index contributed by atoms with van der Waals surface area (Å²) in [6.07, 6.45) is -3.92. The largest absolute Gasteiger partial charge is 0.469 e. The van der Waals surface area contributed by atoms with Crippen molar-refractivity contribution in [3.05, 3.63) is 0 Å². The smallest absolute Gasteiger partial charge is 0.388 e. The third-order valence-corrected chi connectivity index (χ3v) is 1.72. The van der Waals surface area contributed by atoms with Crippen molar-refractivity contribution >= 4 is 13.6 Å². The topological polar surface area (TPSA) is 124 Å². The number of aliphatic hydroxyl groups excluding tert-OH is 2. The molecule has 0 aromatic heterocycles. The average Bonchev–Trinajstić information content (AvgIpc) is 2.10. The fraction of sp³-hybridized carbons (Fsp3) is 0.800. The highest BCUT2D eigenvalue weighted by molar-refractivity contribution is 7.46. The first kappa shape index (κ1) is 13.6. The van der Waals surface area contributed by atoms with Crippen LogP contribution in [0.5, 0.6) is 0 Å². The summed E-state index contributed by atoms with van der Waals surface area (Å²) in [5, 5.41) is 17.7. The Morgan fingerprint density at radius 2 is 1.93 bits per heavy atom. The van der Waals surface area contributed by atoms with Gasteiger partial charge in [0.15, 0.2) is 12.5 Å². The molecule has 0 aliphatic rings. The number of carbonyl (C=O) groups excluding carboxylic acids is 1. The SMILES string of the molecule is O=C(CF)C(O)C(O)COP(=O)(O)O. The number of halogens is 1. The van der Waals surface area contributed by atoms with Gasteiger partial charge in [0.1, 0.15) is 12.2 Å². The first-order valence-corrected chi connectivity index (χ1v) is 4.96. The molecule has 0 spiro atoms. The summed E-state index contributed by atoms with van der Waals surface area (Å²) >= 11 is 0. The molecule has 0 aromatic rings. The summed E-state index contributed by atoms with van der Waals surface area (Å²) in [7, 11) is -4.77. The number of hydrogen-bond donors (Lipinski definition) is 4. The standard InChI is InChI=1S/C5H10FO7P/c6-1-3(7)5(9)4(8)2-13-14(10,11)12/h4-5,8-9H,1-2H2,(H2,10,11,12). The van der Waals surface area contributed by atoms with E-state index in [1.165, 1.54) is 0 Å². The molecule has 0 aromatic carbocycles. The highest BCUT2D eigenvalue weighted by Gasteiger charge is 2.26. The number of Topliss-reactive ketones (excluding diaryl/α,β-unsaturated/α-hetero) is 1. The Morgan fingerprint density at radius 3 is 2.29 bits per heavy atom. The van der Waals surface area contributed by atoms with Crippen LogP contribution in [0.4, 0.5) is 4.39 Å². The summed E-state index contributed by atoms with van der Waals surface area (Å²) in [5.41, 5.74) is 0. The number of alkyl halides is 1. The number of phosphoric acid groups is 1. The Hall–Kier alpha value is -0.370. The van der Waals surface area contributed by atoms with Gasteiger partial charge in [0, 0.05) is 0 Å². The van der Waals surface area contributed by atoms with Crippen molar-refractivity contribution in [2.75, 3.05) is 13.3 Å². The maximum absolute atomic E-state index is 11.7. The molecule has 0 fully saturated rings. The predicted octanol–water partition coefficient (Wildman–Crippen LogP) is -1.64. The molecule has 14 heavy (non-hydrogen) atoms. The van der Waals surface area contributed by atoms with Gasteiger partial charge in [-0.3, -0.25) is 9.32 Å². The number of aliphatic hydroxyl groups is 2. The number of carbonyl (C=O) groups is 1. The van der Waals surface area contributed by atoms with E-state index in [-0.39, 0.29) is 0 Å². The second kappa shape index (κ2) is 5.50. The van der Waals surface area contributed by atoms with Crippen molar-refractivity contribution in [3.63, 3.8) is 0 Å². The van der Waals surface area contributed by atoms with Gasteiger partial charge in [0.2, 0.25) is 0 Å². The zero-order valence-electron chi connectivity index (χ0n) is 6.91. The molecule has 0 radical (unpaired) electrons. The molecule has 7 nitrogen and oxygen atoms in total. The first-order chi connectivity index (χ1) is 6.28. The van der Waals surface area contributed by atoms with Crippen molar-refractivity contribution in [1.82, 2.24) is 0 Å². The normalized spacial score (nSPS) is 16.4. The van der Waals surface area contributed by atoms with E-state index in [0.717, 1.165) is 0 Å². The molecule has 0 amide bonds. The van der Waals surface area contributed by atoms with Crippen molar-refractivity contribution < 1.29 is 38.3 Å². The van der Waals surface area contributed by atoms with Crippen molar-refractivity contribution in [2.24, 2.45) is 0 Å². The second-order valence-electron chi connectivity index (χ2n) is 2.40. The van der Waals surface area contributed by atoms with Gasteiger partial charge in [0.05, 0.1) is 6.61 Å². The van der Waals surface area contributed by atoms with Crippen molar-refractivity contribution in [3.8, 4) is 0 Å². The van der Waals surface area contributed by atoms with Crippen LogP contribution in [0.2, 0.25) is 0 Å². The second-order valence-corrected chi connectivity index (χ2v) is 3.64. The maximum Gasteiger partial charge on any atom is 0.469 e. The zero-order chi connectivity index (χ0) is 11.4. The minimum atomic E-state index is -4.77. The van der Waals surface area contributed by atoms with E-state index in [0.29, 0.717) is 0 Å². The summed E-state index contributed by atoms with van der Waals surface area (Å²) in [6, 6.07) is 0.